The Kier molecular flexibility index (Phi) is 18.6. The molecule has 0 aromatic rings. The summed E-state index contributed by atoms with van der Waals surface area (Å²) in [4.78, 5) is 28.8. The zero-order valence-electron chi connectivity index (χ0n) is 48.7. The number of cyclic esters (lactones) is 1. The molecule has 0 amide bonds. The van der Waals surface area contributed by atoms with Crippen molar-refractivity contribution >= 4 is 11.8 Å². The highest BCUT2D eigenvalue weighted by Gasteiger charge is 2.79. The van der Waals surface area contributed by atoms with Crippen LogP contribution in [0.3, 0.4) is 0 Å². The minimum Gasteiger partial charge on any atom is -0.458 e. The first-order valence-corrected chi connectivity index (χ1v) is 29.8. The molecular formula is C58H90O26. The van der Waals surface area contributed by atoms with Gasteiger partial charge in [0.2, 0.25) is 0 Å². The van der Waals surface area contributed by atoms with Gasteiger partial charge < -0.3 is 118 Å². The van der Waals surface area contributed by atoms with Gasteiger partial charge in [-0.15, -0.1) is 6.58 Å². The first-order valence-electron chi connectivity index (χ1n) is 29.8. The Balaban J connectivity index is 0.877. The molecule has 3 saturated carbocycles. The monoisotopic (exact) mass is 1200 g/mol. The van der Waals surface area contributed by atoms with Crippen LogP contribution in [0.5, 0.6) is 0 Å². The first kappa shape index (κ1) is 64.7. The van der Waals surface area contributed by atoms with Gasteiger partial charge in [-0.3, -0.25) is 9.59 Å². The minimum absolute atomic E-state index is 0.00444. The molecule has 26 nitrogen and oxygen atoms in total. The number of ketones is 1. The minimum atomic E-state index is -2.04. The van der Waals surface area contributed by atoms with Crippen LogP contribution < -0.4 is 0 Å². The molecule has 6 aliphatic heterocycles. The van der Waals surface area contributed by atoms with Gasteiger partial charge in [0.15, 0.2) is 31.5 Å². The van der Waals surface area contributed by atoms with E-state index in [4.69, 9.17) is 52.1 Å². The molecule has 0 bridgehead atoms. The van der Waals surface area contributed by atoms with E-state index in [1.807, 2.05) is 13.8 Å². The smallest absolute Gasteiger partial charge is 0.314 e. The molecule has 26 heteroatoms. The van der Waals surface area contributed by atoms with Crippen molar-refractivity contribution in [2.45, 2.75) is 259 Å². The molecule has 9 fully saturated rings. The fraction of sp³-hybridized carbons (Fsp3) is 0.897. The lowest BCUT2D eigenvalue weighted by atomic mass is 9.41. The van der Waals surface area contributed by atoms with E-state index in [-0.39, 0.29) is 42.0 Å². The molecular weight excluding hydrogens is 1110 g/mol. The van der Waals surface area contributed by atoms with Crippen LogP contribution in [0.15, 0.2) is 23.8 Å². The van der Waals surface area contributed by atoms with Gasteiger partial charge in [0.1, 0.15) is 115 Å². The number of fused-ring (bicyclic) bond motifs is 4. The van der Waals surface area contributed by atoms with Gasteiger partial charge in [0, 0.05) is 11.8 Å². The average Bonchev–Trinajstić information content (AvgIpc) is 1.46. The molecule has 6 saturated heterocycles. The number of ether oxygens (including phenoxy) is 11. The summed E-state index contributed by atoms with van der Waals surface area (Å²) in [5.41, 5.74) is -1.34. The van der Waals surface area contributed by atoms with Crippen molar-refractivity contribution in [1.29, 1.82) is 0 Å². The van der Waals surface area contributed by atoms with Gasteiger partial charge in [-0.25, -0.2) is 0 Å². The second-order valence-corrected chi connectivity index (χ2v) is 26.9. The average molecular weight is 1200 g/mol. The normalized spacial score (nSPS) is 52.8. The fourth-order valence-corrected chi connectivity index (χ4v) is 16.7. The molecule has 0 radical (unpaired) electrons. The number of aliphatic hydroxyl groups is 13. The number of aliphatic hydroxyl groups excluding tert-OH is 13. The third-order valence-corrected chi connectivity index (χ3v) is 21.4. The lowest BCUT2D eigenvalue weighted by Crippen LogP contribution is -2.67. The van der Waals surface area contributed by atoms with Gasteiger partial charge in [0.25, 0.3) is 0 Å². The van der Waals surface area contributed by atoms with Crippen LogP contribution >= 0.6 is 0 Å². The largest absolute Gasteiger partial charge is 0.458 e. The molecule has 4 aliphatic carbocycles. The third-order valence-electron chi connectivity index (χ3n) is 21.4. The number of allylic oxidation sites excluding steroid dienone is 3. The number of hydrogen-bond donors (Lipinski definition) is 13. The van der Waals surface area contributed by atoms with Crippen molar-refractivity contribution in [3.63, 3.8) is 0 Å². The predicted molar refractivity (Wildman–Crippen MR) is 283 cm³/mol. The zero-order chi connectivity index (χ0) is 61.1. The molecule has 0 aromatic carbocycles. The van der Waals surface area contributed by atoms with Crippen molar-refractivity contribution in [3.05, 3.63) is 23.8 Å². The summed E-state index contributed by atoms with van der Waals surface area (Å²) in [6.45, 7) is 15.3. The maximum Gasteiger partial charge on any atom is 0.314 e. The highest BCUT2D eigenvalue weighted by molar-refractivity contribution is 5.99. The van der Waals surface area contributed by atoms with Gasteiger partial charge in [-0.1, -0.05) is 44.9 Å². The van der Waals surface area contributed by atoms with E-state index < -0.39 is 195 Å². The predicted octanol–water partition coefficient (Wildman–Crippen LogP) is -2.40. The lowest BCUT2D eigenvalue weighted by Gasteiger charge is -2.63. The van der Waals surface area contributed by atoms with Crippen LogP contribution in [0.1, 0.15) is 106 Å². The molecule has 0 unspecified atom stereocenters. The van der Waals surface area contributed by atoms with E-state index in [2.05, 4.69) is 40.3 Å². The van der Waals surface area contributed by atoms with Crippen LogP contribution in [0.2, 0.25) is 0 Å². The Bertz CT molecular complexity index is 2410. The van der Waals surface area contributed by atoms with Crippen molar-refractivity contribution in [1.82, 2.24) is 0 Å². The molecule has 478 valence electrons. The maximum atomic E-state index is 14.4. The third kappa shape index (κ3) is 10.7. The summed E-state index contributed by atoms with van der Waals surface area (Å²) in [5, 5.41) is 142. The molecule has 6 heterocycles. The number of carbonyl (C=O) groups excluding carboxylic acids is 2. The summed E-state index contributed by atoms with van der Waals surface area (Å²) < 4.78 is 67.0. The zero-order valence-corrected chi connectivity index (χ0v) is 48.7. The van der Waals surface area contributed by atoms with E-state index in [0.29, 0.717) is 38.5 Å². The lowest BCUT2D eigenvalue weighted by molar-refractivity contribution is -0.403. The van der Waals surface area contributed by atoms with E-state index in [1.165, 1.54) is 6.92 Å². The Morgan fingerprint density at radius 2 is 1.21 bits per heavy atom. The summed E-state index contributed by atoms with van der Waals surface area (Å²) >= 11 is 0. The molecule has 13 N–H and O–H groups in total. The highest BCUT2D eigenvalue weighted by Crippen LogP contribution is 2.75. The molecule has 10 rings (SSSR count). The summed E-state index contributed by atoms with van der Waals surface area (Å²) in [5.74, 6) is -0.713. The van der Waals surface area contributed by atoms with Crippen LogP contribution in [-0.4, -0.2) is 258 Å². The summed E-state index contributed by atoms with van der Waals surface area (Å²) in [6.07, 6.45) is -32.8. The number of Topliss-reactive ketones (excluding diaryl/α,β-unsaturated/α-hetero) is 1. The number of esters is 1. The second kappa shape index (κ2) is 24.1. The van der Waals surface area contributed by atoms with Crippen LogP contribution in [0.25, 0.3) is 0 Å². The van der Waals surface area contributed by atoms with E-state index >= 15 is 0 Å². The molecule has 84 heavy (non-hydrogen) atoms. The SMILES string of the molecule is C=C(C)CCC[C@]1(C)OC(=O)[C@]23CC[C@@H]4C(=CC[C@H]5C(C)(C)[C@@H](O[C@@H]6OC[C@@H](O)[C@H](O)[C@H]6O[C@@H]6O[C@H](C)[C@@H](O[C@@H]7O[C@H](CO)[C@@H](O)[C@H](O[C@@H]8O[C@H](CO)[C@@H](O)[C@H](O)[C@H]8O)[C@H]7O)[C@H](O)[C@H]6O[C@@H]6OC[C@@H](O)[C@H](O)[C@H]6O)CC[C@]45C)[C@]2(C)CC(=O)[C@@H]31. The van der Waals surface area contributed by atoms with Gasteiger partial charge in [-0.05, 0) is 94.8 Å². The first-order chi connectivity index (χ1) is 39.5. The number of hydrogen-bond acceptors (Lipinski definition) is 26. The van der Waals surface area contributed by atoms with Crippen molar-refractivity contribution in [2.75, 3.05) is 26.4 Å². The number of rotatable bonds is 16. The fourth-order valence-electron chi connectivity index (χ4n) is 16.7. The molecule has 1 spiro atoms. The standard InChI is InChI=1S/C58H90O26/c1-23(2)10-9-15-57(8)47-27(61)18-56(7)26-11-12-32-54(4,5)33(14-16-55(32,6)25(26)13-17-58(47,56)53(73)84-57)79-51-45(35(65)29(63)22-75-51)83-52-46(82-48-39(69)34(64)28(62)21-74-48)41(71)43(24(3)76-52)80-50-42(72)44(37(67)31(20-60)78-50)81-49-40(70)38(68)36(66)30(19-59)77-49/h11,24-25,28-52,59-60,62-72H,1,9-10,12-22H2,2-8H3/t24-,25-,28-,29-,30-,31-,32+,33+,34+,35+,36-,37-,38+,39-,40-,41+,42-,43-,44+,45-,46-,47-,48+,49+,50+,51+,52+,55-,56+,57+,58-/m1/s1. The van der Waals surface area contributed by atoms with E-state index in [0.717, 1.165) is 24.0 Å². The Morgan fingerprint density at radius 1 is 0.631 bits per heavy atom. The van der Waals surface area contributed by atoms with Crippen LogP contribution in [0, 0.1) is 39.4 Å². The second-order valence-electron chi connectivity index (χ2n) is 26.9. The van der Waals surface area contributed by atoms with Crippen molar-refractivity contribution in [3.8, 4) is 0 Å². The Morgan fingerprint density at radius 3 is 1.88 bits per heavy atom. The van der Waals surface area contributed by atoms with Crippen LogP contribution in [-0.2, 0) is 61.7 Å². The Hall–Kier alpha value is -2.30. The highest BCUT2D eigenvalue weighted by atomic mass is 16.8. The Labute approximate surface area is 487 Å². The van der Waals surface area contributed by atoms with Gasteiger partial charge in [0.05, 0.1) is 50.0 Å². The van der Waals surface area contributed by atoms with Crippen LogP contribution in [0.4, 0.5) is 0 Å². The van der Waals surface area contributed by atoms with Gasteiger partial charge in [-0.2, -0.15) is 0 Å². The van der Waals surface area contributed by atoms with Crippen molar-refractivity contribution < 1.29 is 128 Å². The van der Waals surface area contributed by atoms with E-state index in [1.54, 1.807) is 0 Å². The van der Waals surface area contributed by atoms with E-state index in [9.17, 15) is 76.0 Å². The quantitative estimate of drug-likeness (QED) is 0.0566. The van der Waals surface area contributed by atoms with Gasteiger partial charge >= 0.3 is 5.97 Å². The number of carbonyl (C=O) groups is 2. The summed E-state index contributed by atoms with van der Waals surface area (Å²) in [6, 6.07) is 0. The summed E-state index contributed by atoms with van der Waals surface area (Å²) in [7, 11) is 0. The topological polar surface area (TPSA) is 399 Å². The van der Waals surface area contributed by atoms with Crippen molar-refractivity contribution in [2.24, 2.45) is 39.4 Å². The molecule has 31 atom stereocenters. The molecule has 0 aromatic heterocycles. The maximum absolute atomic E-state index is 14.4. The molecule has 10 aliphatic rings.